The maximum absolute atomic E-state index is 13.5. The monoisotopic (exact) mass is 263 g/mol. The van der Waals surface area contributed by atoms with Gasteiger partial charge < -0.3 is 5.73 Å². The lowest BCUT2D eigenvalue weighted by Gasteiger charge is -2.07. The van der Waals surface area contributed by atoms with Crippen molar-refractivity contribution in [1.29, 1.82) is 0 Å². The van der Waals surface area contributed by atoms with Gasteiger partial charge in [-0.1, -0.05) is 18.3 Å². The molecule has 0 spiro atoms. The van der Waals surface area contributed by atoms with E-state index < -0.39 is 0 Å². The lowest BCUT2D eigenvalue weighted by Crippen LogP contribution is -2.13. The van der Waals surface area contributed by atoms with Crippen molar-refractivity contribution in [3.05, 3.63) is 52.6 Å². The van der Waals surface area contributed by atoms with Gasteiger partial charge in [0, 0.05) is 11.3 Å². The molecule has 0 saturated carbocycles. The van der Waals surface area contributed by atoms with Crippen molar-refractivity contribution in [3.63, 3.8) is 0 Å². The maximum atomic E-state index is 13.5. The first-order valence-corrected chi connectivity index (χ1v) is 5.97. The van der Waals surface area contributed by atoms with Crippen molar-refractivity contribution in [2.45, 2.75) is 20.4 Å². The highest BCUT2D eigenvalue weighted by molar-refractivity contribution is 7.80. The Morgan fingerprint density at radius 1 is 1.39 bits per heavy atom. The topological polar surface area (TPSA) is 43.8 Å². The fourth-order valence-electron chi connectivity index (χ4n) is 1.87. The van der Waals surface area contributed by atoms with Crippen LogP contribution in [0.2, 0.25) is 0 Å². The van der Waals surface area contributed by atoms with Crippen LogP contribution in [0.3, 0.4) is 0 Å². The van der Waals surface area contributed by atoms with Crippen molar-refractivity contribution < 1.29 is 4.39 Å². The average molecular weight is 263 g/mol. The highest BCUT2D eigenvalue weighted by Gasteiger charge is 2.08. The fourth-order valence-corrected chi connectivity index (χ4v) is 2.02. The summed E-state index contributed by atoms with van der Waals surface area (Å²) in [5, 5.41) is 4.36. The van der Waals surface area contributed by atoms with Crippen LogP contribution in [0.4, 0.5) is 4.39 Å². The third-order valence-electron chi connectivity index (χ3n) is 2.73. The van der Waals surface area contributed by atoms with Gasteiger partial charge in [0.15, 0.2) is 0 Å². The molecule has 94 valence electrons. The summed E-state index contributed by atoms with van der Waals surface area (Å²) in [6, 6.07) is 6.77. The Bertz CT molecular complexity index is 604. The summed E-state index contributed by atoms with van der Waals surface area (Å²) in [4.78, 5) is 0.0720. The van der Waals surface area contributed by atoms with Gasteiger partial charge in [0.2, 0.25) is 0 Å². The van der Waals surface area contributed by atoms with Gasteiger partial charge in [-0.2, -0.15) is 5.10 Å². The first-order valence-electron chi connectivity index (χ1n) is 5.56. The van der Waals surface area contributed by atoms with Gasteiger partial charge in [-0.3, -0.25) is 4.68 Å². The van der Waals surface area contributed by atoms with Crippen molar-refractivity contribution >= 4 is 17.2 Å². The molecule has 0 unspecified atom stereocenters. The van der Waals surface area contributed by atoms with Gasteiger partial charge >= 0.3 is 0 Å². The number of thiocarbonyl (C=S) groups is 1. The summed E-state index contributed by atoms with van der Waals surface area (Å²) in [7, 11) is 0. The van der Waals surface area contributed by atoms with Crippen molar-refractivity contribution in [3.8, 4) is 0 Å². The molecule has 2 rings (SSSR count). The van der Waals surface area contributed by atoms with Crippen LogP contribution in [0.15, 0.2) is 24.3 Å². The Morgan fingerprint density at radius 2 is 2.11 bits per heavy atom. The normalized spacial score (nSPS) is 10.6. The smallest absolute Gasteiger partial charge is 0.133 e. The molecular weight excluding hydrogens is 249 g/mol. The molecule has 2 aromatic rings. The van der Waals surface area contributed by atoms with E-state index >= 15 is 0 Å². The lowest BCUT2D eigenvalue weighted by atomic mass is 10.1. The zero-order chi connectivity index (χ0) is 13.3. The van der Waals surface area contributed by atoms with E-state index in [1.807, 2.05) is 24.6 Å². The SMILES string of the molecule is Cc1cc(C)n(Cc2ccc(F)c(C(N)=S)c2)n1. The zero-order valence-corrected chi connectivity index (χ0v) is 11.1. The molecule has 2 N–H and O–H groups in total. The molecule has 0 fully saturated rings. The van der Waals surface area contributed by atoms with E-state index in [9.17, 15) is 4.39 Å². The van der Waals surface area contributed by atoms with Crippen LogP contribution >= 0.6 is 12.2 Å². The first kappa shape index (κ1) is 12.7. The summed E-state index contributed by atoms with van der Waals surface area (Å²) < 4.78 is 15.3. The quantitative estimate of drug-likeness (QED) is 0.864. The van der Waals surface area contributed by atoms with Gasteiger partial charge in [0.25, 0.3) is 0 Å². The summed E-state index contributed by atoms with van der Waals surface area (Å²) in [6.45, 7) is 4.50. The fraction of sp³-hybridized carbons (Fsp3) is 0.231. The number of halogens is 1. The second kappa shape index (κ2) is 4.86. The zero-order valence-electron chi connectivity index (χ0n) is 10.3. The van der Waals surface area contributed by atoms with Crippen LogP contribution in [0.5, 0.6) is 0 Å². The lowest BCUT2D eigenvalue weighted by molar-refractivity contribution is 0.620. The Morgan fingerprint density at radius 3 is 2.67 bits per heavy atom. The summed E-state index contributed by atoms with van der Waals surface area (Å²) in [5.74, 6) is -0.389. The number of nitrogens with zero attached hydrogens (tertiary/aromatic N) is 2. The number of aromatic nitrogens is 2. The van der Waals surface area contributed by atoms with E-state index in [2.05, 4.69) is 5.10 Å². The summed E-state index contributed by atoms with van der Waals surface area (Å²) in [5.41, 5.74) is 8.71. The van der Waals surface area contributed by atoms with Gasteiger partial charge in [-0.25, -0.2) is 4.39 Å². The highest BCUT2D eigenvalue weighted by atomic mass is 32.1. The largest absolute Gasteiger partial charge is 0.389 e. The second-order valence-corrected chi connectivity index (χ2v) is 4.70. The number of benzene rings is 1. The van der Waals surface area contributed by atoms with Gasteiger partial charge in [0.1, 0.15) is 10.8 Å². The van der Waals surface area contributed by atoms with Gasteiger partial charge in [-0.05, 0) is 37.6 Å². The molecule has 0 aliphatic rings. The molecule has 0 atom stereocenters. The highest BCUT2D eigenvalue weighted by Crippen LogP contribution is 2.13. The Balaban J connectivity index is 2.32. The van der Waals surface area contributed by atoms with E-state index in [0.717, 1.165) is 17.0 Å². The Hall–Kier alpha value is -1.75. The standard InChI is InChI=1S/C13H14FN3S/c1-8-5-9(2)17(16-8)7-10-3-4-12(14)11(6-10)13(15)18/h3-6H,7H2,1-2H3,(H2,15,18). The number of rotatable bonds is 3. The minimum absolute atomic E-state index is 0.0720. The Labute approximate surface area is 110 Å². The van der Waals surface area contributed by atoms with E-state index in [1.54, 1.807) is 12.1 Å². The summed E-state index contributed by atoms with van der Waals surface area (Å²) >= 11 is 4.82. The molecule has 0 radical (unpaired) electrons. The molecule has 18 heavy (non-hydrogen) atoms. The number of hydrogen-bond acceptors (Lipinski definition) is 2. The molecule has 0 saturated heterocycles. The van der Waals surface area contributed by atoms with E-state index in [0.29, 0.717) is 6.54 Å². The molecule has 3 nitrogen and oxygen atoms in total. The van der Waals surface area contributed by atoms with Crippen LogP contribution in [-0.4, -0.2) is 14.8 Å². The molecule has 0 amide bonds. The molecule has 0 aliphatic carbocycles. The van der Waals surface area contributed by atoms with Crippen molar-refractivity contribution in [2.24, 2.45) is 5.73 Å². The number of nitrogens with two attached hydrogens (primary N) is 1. The number of aryl methyl sites for hydroxylation is 2. The van der Waals surface area contributed by atoms with Crippen LogP contribution in [0.1, 0.15) is 22.5 Å². The third kappa shape index (κ3) is 2.56. The minimum Gasteiger partial charge on any atom is -0.389 e. The van der Waals surface area contributed by atoms with Crippen molar-refractivity contribution in [1.82, 2.24) is 9.78 Å². The maximum Gasteiger partial charge on any atom is 0.133 e. The van der Waals surface area contributed by atoms with Crippen LogP contribution in [0.25, 0.3) is 0 Å². The Kier molecular flexibility index (Phi) is 3.43. The number of hydrogen-bond donors (Lipinski definition) is 1. The van der Waals surface area contributed by atoms with Gasteiger partial charge in [-0.15, -0.1) is 0 Å². The van der Waals surface area contributed by atoms with Crippen LogP contribution in [-0.2, 0) is 6.54 Å². The minimum atomic E-state index is -0.389. The van der Waals surface area contributed by atoms with E-state index in [4.69, 9.17) is 18.0 Å². The molecule has 0 aliphatic heterocycles. The predicted octanol–water partition coefficient (Wildman–Crippen LogP) is 2.32. The van der Waals surface area contributed by atoms with Crippen molar-refractivity contribution in [2.75, 3.05) is 0 Å². The van der Waals surface area contributed by atoms with E-state index in [-0.39, 0.29) is 16.4 Å². The second-order valence-electron chi connectivity index (χ2n) is 4.26. The average Bonchev–Trinajstić information content (AvgIpc) is 2.60. The van der Waals surface area contributed by atoms with E-state index in [1.165, 1.54) is 6.07 Å². The molecule has 5 heteroatoms. The molecule has 0 bridgehead atoms. The summed E-state index contributed by atoms with van der Waals surface area (Å²) in [6.07, 6.45) is 0. The molecule has 1 aromatic carbocycles. The predicted molar refractivity (Wildman–Crippen MR) is 73.1 cm³/mol. The van der Waals surface area contributed by atoms with Crippen LogP contribution < -0.4 is 5.73 Å². The molecule has 1 heterocycles. The van der Waals surface area contributed by atoms with Gasteiger partial charge in [0.05, 0.1) is 12.2 Å². The molecular formula is C13H14FN3S. The first-order chi connectivity index (χ1) is 8.47. The third-order valence-corrected chi connectivity index (χ3v) is 2.95. The molecule has 1 aromatic heterocycles. The van der Waals surface area contributed by atoms with Crippen LogP contribution in [0, 0.1) is 19.7 Å².